The first-order valence-corrected chi connectivity index (χ1v) is 17.5. The van der Waals surface area contributed by atoms with Crippen molar-refractivity contribution < 1.29 is 19.5 Å². The predicted molar refractivity (Wildman–Crippen MR) is 178 cm³/mol. The van der Waals surface area contributed by atoms with Gasteiger partial charge in [0.25, 0.3) is 11.8 Å². The first-order valence-electron chi connectivity index (χ1n) is 13.3. The van der Waals surface area contributed by atoms with E-state index in [1.165, 1.54) is 20.7 Å². The van der Waals surface area contributed by atoms with Crippen LogP contribution < -0.4 is 20.7 Å². The maximum Gasteiger partial charge on any atom is 0.355 e. The number of nitrogens with one attached hydrogen (secondary N) is 2. The Hall–Kier alpha value is -3.46. The third-order valence-corrected chi connectivity index (χ3v) is 9.87. The molecule has 3 heterocycles. The minimum Gasteiger partial charge on any atom is -0.476 e. The molecule has 216 valence electrons. The van der Waals surface area contributed by atoms with E-state index in [1.54, 1.807) is 29.5 Å². The van der Waals surface area contributed by atoms with E-state index in [0.29, 0.717) is 29.9 Å². The number of hydrogen-bond acceptors (Lipinski definition) is 8. The quantitative estimate of drug-likeness (QED) is 0.116. The lowest BCUT2D eigenvalue weighted by molar-refractivity contribution is 0.0691. The molecule has 5 N–H and O–H groups in total. The fraction of sp³-hybridized carbons (Fsp3) is 0.200. The molecule has 12 heteroatoms. The average molecular weight is 714 g/mol. The zero-order chi connectivity index (χ0) is 29.8. The van der Waals surface area contributed by atoms with E-state index in [-0.39, 0.29) is 17.0 Å². The summed E-state index contributed by atoms with van der Waals surface area (Å²) in [6, 6.07) is 16.1. The molecule has 4 aromatic rings. The molecule has 2 aromatic heterocycles. The van der Waals surface area contributed by atoms with Crippen molar-refractivity contribution in [1.82, 2.24) is 10.3 Å². The predicted octanol–water partition coefficient (Wildman–Crippen LogP) is 6.39. The van der Waals surface area contributed by atoms with Crippen molar-refractivity contribution in [2.45, 2.75) is 26.3 Å². The molecule has 0 aliphatic carbocycles. The second-order valence-corrected chi connectivity index (χ2v) is 12.3. The van der Waals surface area contributed by atoms with Crippen LogP contribution in [0.2, 0.25) is 0 Å². The van der Waals surface area contributed by atoms with Crippen LogP contribution in [-0.2, 0) is 13.0 Å². The molecule has 2 aromatic carbocycles. The molecule has 5 rings (SSSR count). The van der Waals surface area contributed by atoms with Gasteiger partial charge >= 0.3 is 5.97 Å². The van der Waals surface area contributed by atoms with Gasteiger partial charge in [0, 0.05) is 77.2 Å². The number of benzene rings is 2. The second-order valence-electron chi connectivity index (χ2n) is 9.62. The van der Waals surface area contributed by atoms with Gasteiger partial charge in [-0.05, 0) is 77.4 Å². The van der Waals surface area contributed by atoms with Gasteiger partial charge in [-0.25, -0.2) is 9.78 Å². The third kappa shape index (κ3) is 6.16. The van der Waals surface area contributed by atoms with Gasteiger partial charge in [0.1, 0.15) is 5.69 Å². The number of halogens is 1. The minimum absolute atomic E-state index is 0.00183. The van der Waals surface area contributed by atoms with Gasteiger partial charge in [0.05, 0.1) is 5.69 Å². The Morgan fingerprint density at radius 3 is 2.55 bits per heavy atom. The molecule has 9 nitrogen and oxygen atoms in total. The Balaban J connectivity index is 1.70. The van der Waals surface area contributed by atoms with Crippen molar-refractivity contribution >= 4 is 70.8 Å². The molecule has 2 amide bonds. The van der Waals surface area contributed by atoms with Gasteiger partial charge in [-0.3, -0.25) is 9.59 Å². The lowest BCUT2D eigenvalue weighted by atomic mass is 9.93. The van der Waals surface area contributed by atoms with Gasteiger partial charge in [-0.2, -0.15) is 0 Å². The maximum absolute atomic E-state index is 13.9. The van der Waals surface area contributed by atoms with Crippen molar-refractivity contribution in [2.24, 2.45) is 5.73 Å². The number of aromatic nitrogens is 1. The van der Waals surface area contributed by atoms with E-state index in [4.69, 9.17) is 5.73 Å². The first kappa shape index (κ1) is 30.0. The summed E-state index contributed by atoms with van der Waals surface area (Å²) in [6.07, 6.45) is 1.56. The highest BCUT2D eigenvalue weighted by atomic mass is 127. The molecule has 0 radical (unpaired) electrons. The van der Waals surface area contributed by atoms with Gasteiger partial charge < -0.3 is 25.8 Å². The van der Waals surface area contributed by atoms with Crippen LogP contribution in [0.3, 0.4) is 0 Å². The lowest BCUT2D eigenvalue weighted by Crippen LogP contribution is -2.25. The van der Waals surface area contributed by atoms with Crippen molar-refractivity contribution in [3.8, 4) is 21.6 Å². The zero-order valence-electron chi connectivity index (χ0n) is 22.6. The number of anilines is 2. The molecule has 0 fully saturated rings. The number of hydrogen-bond donors (Lipinski definition) is 4. The number of pyridine rings is 1. The highest BCUT2D eigenvalue weighted by Crippen LogP contribution is 2.46. The lowest BCUT2D eigenvalue weighted by Gasteiger charge is -2.23. The van der Waals surface area contributed by atoms with Crippen molar-refractivity contribution in [1.29, 1.82) is 0 Å². The van der Waals surface area contributed by atoms with Crippen LogP contribution >= 0.6 is 41.7 Å². The standard InChI is InChI=1S/C30H28IN5O4S2/c1-2-11-33-29(38)24-8-7-20(26(35-24)30(39)40)21-15-25-23(27-18(10-13-41-27)9-12-36(25)42-31)14-22(21)28(37)34-19-5-3-17(16-32)4-6-19/h3-8,10,13-15H,2,9,11-12,16,32H2,1H3,(H,33,38)(H,34,37)(H,39,40). The van der Waals surface area contributed by atoms with E-state index in [1.807, 2.05) is 36.6 Å². The number of nitrogens with zero attached hydrogens (tertiary/aromatic N) is 2. The SMILES string of the molecule is CCCNC(=O)c1ccc(-c2cc3c(cc2C(=O)Nc2ccc(CN)cc2)-c2sccc2CCN3SI)c(C(=O)O)n1. The van der Waals surface area contributed by atoms with Crippen LogP contribution in [0.4, 0.5) is 11.4 Å². The van der Waals surface area contributed by atoms with Crippen LogP contribution in [0.1, 0.15) is 55.8 Å². The summed E-state index contributed by atoms with van der Waals surface area (Å²) in [6.45, 7) is 3.49. The highest BCUT2D eigenvalue weighted by molar-refractivity contribution is 14.2. The number of aromatic carboxylic acids is 1. The van der Waals surface area contributed by atoms with Gasteiger partial charge in [-0.1, -0.05) is 19.1 Å². The Morgan fingerprint density at radius 2 is 1.86 bits per heavy atom. The average Bonchev–Trinajstić information content (AvgIpc) is 3.42. The van der Waals surface area contributed by atoms with Gasteiger partial charge in [0.2, 0.25) is 0 Å². The Morgan fingerprint density at radius 1 is 1.07 bits per heavy atom. The Labute approximate surface area is 263 Å². The largest absolute Gasteiger partial charge is 0.476 e. The Bertz CT molecular complexity index is 1660. The second kappa shape index (κ2) is 13.2. The molecule has 0 bridgehead atoms. The number of fused-ring (bicyclic) bond motifs is 3. The summed E-state index contributed by atoms with van der Waals surface area (Å²) < 4.78 is 2.14. The van der Waals surface area contributed by atoms with E-state index in [0.717, 1.165) is 41.1 Å². The van der Waals surface area contributed by atoms with Crippen LogP contribution in [0.5, 0.6) is 0 Å². The number of carboxylic acid groups (broad SMARTS) is 1. The summed E-state index contributed by atoms with van der Waals surface area (Å²) in [5, 5.41) is 17.9. The van der Waals surface area contributed by atoms with E-state index < -0.39 is 17.8 Å². The number of carboxylic acids is 1. The van der Waals surface area contributed by atoms with E-state index in [9.17, 15) is 19.5 Å². The molecular formula is C30H28IN5O4S2. The van der Waals surface area contributed by atoms with E-state index >= 15 is 0 Å². The number of carbonyl (C=O) groups is 3. The normalized spacial score (nSPS) is 12.2. The number of rotatable bonds is 9. The fourth-order valence-electron chi connectivity index (χ4n) is 4.79. The molecule has 1 aliphatic rings. The monoisotopic (exact) mass is 713 g/mol. The number of amides is 2. The molecule has 0 saturated carbocycles. The van der Waals surface area contributed by atoms with Crippen molar-refractivity contribution in [2.75, 3.05) is 22.7 Å². The highest BCUT2D eigenvalue weighted by Gasteiger charge is 2.28. The molecule has 0 spiro atoms. The topological polar surface area (TPSA) is 138 Å². The summed E-state index contributed by atoms with van der Waals surface area (Å²) >= 11 is 3.84. The van der Waals surface area contributed by atoms with Crippen molar-refractivity contribution in [3.63, 3.8) is 0 Å². The van der Waals surface area contributed by atoms with Crippen LogP contribution in [0.15, 0.2) is 60.0 Å². The smallest absolute Gasteiger partial charge is 0.355 e. The zero-order valence-corrected chi connectivity index (χ0v) is 26.4. The molecule has 0 unspecified atom stereocenters. The van der Waals surface area contributed by atoms with Crippen LogP contribution in [-0.4, -0.2) is 41.0 Å². The molecule has 1 aliphatic heterocycles. The fourth-order valence-corrected chi connectivity index (χ4v) is 7.38. The molecule has 0 saturated heterocycles. The Kier molecular flexibility index (Phi) is 9.46. The summed E-state index contributed by atoms with van der Waals surface area (Å²) in [4.78, 5) is 44.3. The van der Waals surface area contributed by atoms with Gasteiger partial charge in [0.15, 0.2) is 5.69 Å². The molecular weight excluding hydrogens is 685 g/mol. The van der Waals surface area contributed by atoms with E-state index in [2.05, 4.69) is 47.2 Å². The number of carbonyl (C=O) groups excluding carboxylic acids is 2. The summed E-state index contributed by atoms with van der Waals surface area (Å²) in [5.74, 6) is -2.15. The molecule has 42 heavy (non-hydrogen) atoms. The third-order valence-electron chi connectivity index (χ3n) is 6.91. The molecule has 0 atom stereocenters. The van der Waals surface area contributed by atoms with Crippen LogP contribution in [0, 0.1) is 0 Å². The minimum atomic E-state index is -1.30. The summed E-state index contributed by atoms with van der Waals surface area (Å²) in [5.41, 5.74) is 10.8. The van der Waals surface area contributed by atoms with Crippen molar-refractivity contribution in [3.05, 3.63) is 88.1 Å². The first-order chi connectivity index (χ1) is 20.3. The number of nitrogens with two attached hydrogens (primary N) is 1. The maximum atomic E-state index is 13.9. The van der Waals surface area contributed by atoms with Crippen LogP contribution in [0.25, 0.3) is 21.6 Å². The van der Waals surface area contributed by atoms with Gasteiger partial charge in [-0.15, -0.1) is 11.3 Å². The number of thiophene rings is 1. The summed E-state index contributed by atoms with van der Waals surface area (Å²) in [7, 11) is 1.54.